The monoisotopic (exact) mass is 342 g/mol. The van der Waals surface area contributed by atoms with Crippen LogP contribution >= 0.6 is 22.6 Å². The Morgan fingerprint density at radius 2 is 2.07 bits per heavy atom. The highest BCUT2D eigenvalue weighted by Crippen LogP contribution is 2.23. The minimum Gasteiger partial charge on any atom is -0.427 e. The van der Waals surface area contributed by atoms with Gasteiger partial charge < -0.3 is 4.74 Å². The Morgan fingerprint density at radius 1 is 1.47 bits per heavy atom. The van der Waals surface area contributed by atoms with Crippen molar-refractivity contribution in [1.29, 1.82) is 0 Å². The van der Waals surface area contributed by atoms with Gasteiger partial charge in [0.15, 0.2) is 0 Å². The second-order valence-electron chi connectivity index (χ2n) is 2.66. The van der Waals surface area contributed by atoms with E-state index in [4.69, 9.17) is 4.55 Å². The van der Waals surface area contributed by atoms with Crippen LogP contribution in [-0.2, 0) is 14.9 Å². The molecule has 0 spiro atoms. The van der Waals surface area contributed by atoms with Gasteiger partial charge in [-0.2, -0.15) is 8.42 Å². The molecule has 0 heterocycles. The first-order valence-electron chi connectivity index (χ1n) is 3.76. The summed E-state index contributed by atoms with van der Waals surface area (Å²) < 4.78 is 35.7. The molecule has 15 heavy (non-hydrogen) atoms. The second-order valence-corrected chi connectivity index (χ2v) is 5.21. The van der Waals surface area contributed by atoms with Crippen molar-refractivity contribution in [2.75, 3.05) is 0 Å². The van der Waals surface area contributed by atoms with Gasteiger partial charge in [-0.1, -0.05) is 0 Å². The molecule has 0 saturated carbocycles. The third-order valence-corrected chi connectivity index (χ3v) is 3.64. The second kappa shape index (κ2) is 4.45. The average Bonchev–Trinajstić information content (AvgIpc) is 2.05. The van der Waals surface area contributed by atoms with Gasteiger partial charge in [-0.3, -0.25) is 9.35 Å². The first-order valence-corrected chi connectivity index (χ1v) is 6.28. The highest BCUT2D eigenvalue weighted by Gasteiger charge is 2.15. The van der Waals surface area contributed by atoms with Gasteiger partial charge in [0.1, 0.15) is 10.6 Å². The maximum absolute atomic E-state index is 10.9. The van der Waals surface area contributed by atoms with Crippen molar-refractivity contribution in [3.63, 3.8) is 0 Å². The van der Waals surface area contributed by atoms with Crippen LogP contribution in [0.25, 0.3) is 0 Å². The van der Waals surface area contributed by atoms with E-state index in [0.717, 1.165) is 6.07 Å². The molecule has 0 saturated heterocycles. The zero-order valence-corrected chi connectivity index (χ0v) is 10.6. The largest absolute Gasteiger partial charge is 0.427 e. The standard InChI is InChI=1S/C8H7IO5S/c1-5(10)14-6-2-3-7(9)8(4-6)15(11,12)13/h2-4H,1H3,(H,11,12,13). The molecule has 0 bridgehead atoms. The highest BCUT2D eigenvalue weighted by molar-refractivity contribution is 14.1. The first-order chi connectivity index (χ1) is 6.80. The normalized spacial score (nSPS) is 11.1. The number of hydrogen-bond donors (Lipinski definition) is 1. The average molecular weight is 342 g/mol. The molecule has 1 aromatic carbocycles. The van der Waals surface area contributed by atoms with E-state index >= 15 is 0 Å². The Balaban J connectivity index is 3.23. The molecular weight excluding hydrogens is 335 g/mol. The van der Waals surface area contributed by atoms with Gasteiger partial charge in [-0.05, 0) is 34.7 Å². The minimum absolute atomic E-state index is 0.0792. The van der Waals surface area contributed by atoms with E-state index < -0.39 is 16.1 Å². The summed E-state index contributed by atoms with van der Waals surface area (Å²) >= 11 is 1.76. The lowest BCUT2D eigenvalue weighted by molar-refractivity contribution is -0.131. The fraction of sp³-hybridized carbons (Fsp3) is 0.125. The number of ether oxygens (including phenoxy) is 1. The summed E-state index contributed by atoms with van der Waals surface area (Å²) in [5, 5.41) is 0. The third kappa shape index (κ3) is 3.43. The van der Waals surface area contributed by atoms with Crippen molar-refractivity contribution in [2.45, 2.75) is 11.8 Å². The molecule has 5 nitrogen and oxygen atoms in total. The number of carbonyl (C=O) groups excluding carboxylic acids is 1. The van der Waals surface area contributed by atoms with E-state index in [2.05, 4.69) is 4.74 Å². The summed E-state index contributed by atoms with van der Waals surface area (Å²) in [6.45, 7) is 1.20. The summed E-state index contributed by atoms with van der Waals surface area (Å²) in [5.41, 5.74) is 0. The van der Waals surface area contributed by atoms with Crippen molar-refractivity contribution in [3.8, 4) is 5.75 Å². The van der Waals surface area contributed by atoms with E-state index in [1.807, 2.05) is 0 Å². The fourth-order valence-electron chi connectivity index (χ4n) is 0.911. The molecule has 0 radical (unpaired) electrons. The van der Waals surface area contributed by atoms with Gasteiger partial charge in [0.2, 0.25) is 0 Å². The van der Waals surface area contributed by atoms with E-state index in [-0.39, 0.29) is 10.6 Å². The van der Waals surface area contributed by atoms with Crippen LogP contribution in [0, 0.1) is 3.57 Å². The van der Waals surface area contributed by atoms with Crippen LogP contribution in [0.15, 0.2) is 23.1 Å². The van der Waals surface area contributed by atoms with Gasteiger partial charge in [-0.25, -0.2) is 0 Å². The van der Waals surface area contributed by atoms with Crippen LogP contribution in [0.4, 0.5) is 0 Å². The molecule has 0 amide bonds. The number of rotatable bonds is 2. The number of benzene rings is 1. The van der Waals surface area contributed by atoms with E-state index in [9.17, 15) is 13.2 Å². The van der Waals surface area contributed by atoms with Crippen molar-refractivity contribution in [3.05, 3.63) is 21.8 Å². The van der Waals surface area contributed by atoms with Crippen LogP contribution in [0.3, 0.4) is 0 Å². The van der Waals surface area contributed by atoms with Gasteiger partial charge in [0.25, 0.3) is 10.1 Å². The predicted molar refractivity (Wildman–Crippen MR) is 60.3 cm³/mol. The van der Waals surface area contributed by atoms with Gasteiger partial charge in [0.05, 0.1) is 0 Å². The first kappa shape index (κ1) is 12.4. The number of esters is 1. The summed E-state index contributed by atoms with van der Waals surface area (Å²) in [6, 6.07) is 3.97. The maximum atomic E-state index is 10.9. The lowest BCUT2D eigenvalue weighted by atomic mass is 10.3. The smallest absolute Gasteiger partial charge is 0.308 e. The summed E-state index contributed by atoms with van der Waals surface area (Å²) in [5.74, 6) is -0.479. The Hall–Kier alpha value is -0.670. The number of carbonyl (C=O) groups is 1. The summed E-state index contributed by atoms with van der Waals surface area (Å²) in [6.07, 6.45) is 0. The molecule has 1 N–H and O–H groups in total. The zero-order chi connectivity index (χ0) is 11.6. The molecular formula is C8H7IO5S. The SMILES string of the molecule is CC(=O)Oc1ccc(I)c(S(=O)(=O)O)c1. The van der Waals surface area contributed by atoms with Crippen molar-refractivity contribution < 1.29 is 22.5 Å². The molecule has 1 aromatic rings. The summed E-state index contributed by atoms with van der Waals surface area (Å²) in [4.78, 5) is 10.3. The minimum atomic E-state index is -4.29. The van der Waals surface area contributed by atoms with E-state index in [0.29, 0.717) is 3.57 Å². The van der Waals surface area contributed by atoms with Gasteiger partial charge in [-0.15, -0.1) is 0 Å². The molecule has 0 fully saturated rings. The van der Waals surface area contributed by atoms with Gasteiger partial charge >= 0.3 is 5.97 Å². The zero-order valence-electron chi connectivity index (χ0n) is 7.60. The Morgan fingerprint density at radius 3 is 2.53 bits per heavy atom. The quantitative estimate of drug-likeness (QED) is 0.381. The Bertz CT molecular complexity index is 494. The van der Waals surface area contributed by atoms with E-state index in [1.54, 1.807) is 22.6 Å². The van der Waals surface area contributed by atoms with E-state index in [1.165, 1.54) is 19.1 Å². The molecule has 0 unspecified atom stereocenters. The van der Waals surface area contributed by atoms with Crippen molar-refractivity contribution >= 4 is 38.7 Å². The molecule has 0 aliphatic rings. The lowest BCUT2D eigenvalue weighted by Crippen LogP contribution is -2.05. The number of halogens is 1. The van der Waals surface area contributed by atoms with Crippen LogP contribution < -0.4 is 4.74 Å². The predicted octanol–water partition coefficient (Wildman–Crippen LogP) is 1.46. The summed E-state index contributed by atoms with van der Waals surface area (Å²) in [7, 11) is -4.29. The van der Waals surface area contributed by atoms with Crippen LogP contribution in [0.5, 0.6) is 5.75 Å². The molecule has 0 aliphatic carbocycles. The molecule has 0 aliphatic heterocycles. The number of hydrogen-bond acceptors (Lipinski definition) is 4. The van der Waals surface area contributed by atoms with Crippen molar-refractivity contribution in [1.82, 2.24) is 0 Å². The highest BCUT2D eigenvalue weighted by atomic mass is 127. The maximum Gasteiger partial charge on any atom is 0.308 e. The van der Waals surface area contributed by atoms with Crippen LogP contribution in [-0.4, -0.2) is 18.9 Å². The topological polar surface area (TPSA) is 80.7 Å². The van der Waals surface area contributed by atoms with Crippen LogP contribution in [0.2, 0.25) is 0 Å². The van der Waals surface area contributed by atoms with Gasteiger partial charge in [0, 0.05) is 16.6 Å². The molecule has 0 aromatic heterocycles. The molecule has 1 rings (SSSR count). The Kier molecular flexibility index (Phi) is 3.68. The third-order valence-electron chi connectivity index (χ3n) is 1.44. The molecule has 82 valence electrons. The van der Waals surface area contributed by atoms with Crippen LogP contribution in [0.1, 0.15) is 6.92 Å². The Labute approximate surface area is 100 Å². The molecule has 7 heteroatoms. The molecule has 0 atom stereocenters. The fourth-order valence-corrected chi connectivity index (χ4v) is 2.66. The lowest BCUT2D eigenvalue weighted by Gasteiger charge is -2.04. The van der Waals surface area contributed by atoms with Crippen molar-refractivity contribution in [2.24, 2.45) is 0 Å².